The van der Waals surface area contributed by atoms with Gasteiger partial charge in [-0.1, -0.05) is 18.2 Å². The Balaban J connectivity index is 2.30. The molecule has 14 heavy (non-hydrogen) atoms. The number of hydrogen-bond acceptors (Lipinski definition) is 2. The molecule has 4 heteroatoms. The molecule has 0 saturated carbocycles. The lowest BCUT2D eigenvalue weighted by Crippen LogP contribution is -2.46. The molecule has 1 heterocycles. The van der Waals surface area contributed by atoms with Crippen molar-refractivity contribution in [1.82, 2.24) is 5.01 Å². The molecule has 0 aliphatic carbocycles. The number of hydrazine groups is 1. The van der Waals surface area contributed by atoms with E-state index in [0.29, 0.717) is 0 Å². The van der Waals surface area contributed by atoms with Gasteiger partial charge in [-0.3, -0.25) is 15.4 Å². The first-order valence-electron chi connectivity index (χ1n) is 4.63. The van der Waals surface area contributed by atoms with Crippen LogP contribution in [0, 0.1) is 5.41 Å². The number of rotatable bonds is 1. The first kappa shape index (κ1) is 8.87. The standard InChI is InChI=1S/C10H14N4/c1-13(10(11)12)14-7-6-8-4-2-3-5-9(8)14/h2-5H,6-7H2,1H3,(H3,11,12). The Morgan fingerprint density at radius 2 is 2.21 bits per heavy atom. The van der Waals surface area contributed by atoms with Gasteiger partial charge in [0, 0.05) is 13.6 Å². The van der Waals surface area contributed by atoms with E-state index >= 15 is 0 Å². The van der Waals surface area contributed by atoms with Crippen LogP contribution in [-0.2, 0) is 6.42 Å². The molecular weight excluding hydrogens is 176 g/mol. The predicted octanol–water partition coefficient (Wildman–Crippen LogP) is 0.789. The number of nitrogens with zero attached hydrogens (tertiary/aromatic N) is 2. The zero-order valence-corrected chi connectivity index (χ0v) is 8.20. The van der Waals surface area contributed by atoms with Crippen LogP contribution < -0.4 is 10.7 Å². The Morgan fingerprint density at radius 3 is 2.93 bits per heavy atom. The largest absolute Gasteiger partial charge is 0.369 e. The predicted molar refractivity (Wildman–Crippen MR) is 57.2 cm³/mol. The third-order valence-electron chi connectivity index (χ3n) is 2.57. The molecular formula is C10H14N4. The van der Waals surface area contributed by atoms with E-state index in [0.717, 1.165) is 18.7 Å². The third-order valence-corrected chi connectivity index (χ3v) is 2.57. The van der Waals surface area contributed by atoms with Crippen LogP contribution in [0.5, 0.6) is 0 Å². The zero-order valence-electron chi connectivity index (χ0n) is 8.20. The van der Waals surface area contributed by atoms with Crippen molar-refractivity contribution in [2.45, 2.75) is 6.42 Å². The quantitative estimate of drug-likeness (QED) is 0.508. The topological polar surface area (TPSA) is 56.4 Å². The lowest BCUT2D eigenvalue weighted by atomic mass is 10.2. The maximum absolute atomic E-state index is 7.37. The van der Waals surface area contributed by atoms with Gasteiger partial charge in [0.1, 0.15) is 0 Å². The van der Waals surface area contributed by atoms with Crippen molar-refractivity contribution in [2.24, 2.45) is 5.73 Å². The number of guanidine groups is 1. The summed E-state index contributed by atoms with van der Waals surface area (Å²) in [5.41, 5.74) is 7.92. The number of hydrogen-bond donors (Lipinski definition) is 2. The summed E-state index contributed by atoms with van der Waals surface area (Å²) in [6.45, 7) is 0.898. The lowest BCUT2D eigenvalue weighted by molar-refractivity contribution is 0.462. The van der Waals surface area contributed by atoms with E-state index < -0.39 is 0 Å². The van der Waals surface area contributed by atoms with E-state index in [1.807, 2.05) is 24.2 Å². The minimum Gasteiger partial charge on any atom is -0.369 e. The minimum atomic E-state index is 0.0710. The third kappa shape index (κ3) is 1.28. The molecule has 0 fully saturated rings. The summed E-state index contributed by atoms with van der Waals surface area (Å²) < 4.78 is 0. The molecule has 0 spiro atoms. The Bertz CT molecular complexity index is 361. The van der Waals surface area contributed by atoms with Gasteiger partial charge in [-0.05, 0) is 18.1 Å². The summed E-state index contributed by atoms with van der Waals surface area (Å²) in [5.74, 6) is 0.0710. The van der Waals surface area contributed by atoms with Crippen LogP contribution in [0.4, 0.5) is 5.69 Å². The Hall–Kier alpha value is -1.71. The second kappa shape index (κ2) is 3.21. The molecule has 0 bridgehead atoms. The highest BCUT2D eigenvalue weighted by molar-refractivity contribution is 5.77. The maximum atomic E-state index is 7.37. The van der Waals surface area contributed by atoms with Gasteiger partial charge in [0.15, 0.2) is 0 Å². The van der Waals surface area contributed by atoms with Crippen molar-refractivity contribution in [3.8, 4) is 0 Å². The molecule has 0 radical (unpaired) electrons. The van der Waals surface area contributed by atoms with Gasteiger partial charge in [-0.25, -0.2) is 0 Å². The van der Waals surface area contributed by atoms with Crippen LogP contribution in [0.2, 0.25) is 0 Å². The van der Waals surface area contributed by atoms with Gasteiger partial charge in [0.25, 0.3) is 0 Å². The van der Waals surface area contributed by atoms with Gasteiger partial charge >= 0.3 is 0 Å². The fourth-order valence-corrected chi connectivity index (χ4v) is 1.76. The number of fused-ring (bicyclic) bond motifs is 1. The SMILES string of the molecule is CN(C(=N)N)N1CCc2ccccc21. The smallest absolute Gasteiger partial charge is 0.207 e. The van der Waals surface area contributed by atoms with Gasteiger partial charge in [-0.15, -0.1) is 0 Å². The number of nitrogens with two attached hydrogens (primary N) is 1. The molecule has 1 aromatic carbocycles. The highest BCUT2D eigenvalue weighted by Crippen LogP contribution is 2.27. The average Bonchev–Trinajstić information content (AvgIpc) is 2.60. The van der Waals surface area contributed by atoms with Crippen molar-refractivity contribution in [1.29, 1.82) is 5.41 Å². The van der Waals surface area contributed by atoms with E-state index in [1.54, 1.807) is 5.01 Å². The summed E-state index contributed by atoms with van der Waals surface area (Å²) in [5, 5.41) is 11.1. The van der Waals surface area contributed by atoms with Crippen molar-refractivity contribution in [3.05, 3.63) is 29.8 Å². The van der Waals surface area contributed by atoms with Crippen LogP contribution in [-0.4, -0.2) is 24.6 Å². The van der Waals surface area contributed by atoms with Gasteiger partial charge in [0.05, 0.1) is 5.69 Å². The second-order valence-corrected chi connectivity index (χ2v) is 3.41. The van der Waals surface area contributed by atoms with E-state index in [4.69, 9.17) is 11.1 Å². The first-order valence-corrected chi connectivity index (χ1v) is 4.63. The van der Waals surface area contributed by atoms with Gasteiger partial charge in [0.2, 0.25) is 5.96 Å². The number of para-hydroxylation sites is 1. The lowest BCUT2D eigenvalue weighted by Gasteiger charge is -2.30. The molecule has 0 amide bonds. The van der Waals surface area contributed by atoms with Crippen molar-refractivity contribution >= 4 is 11.6 Å². The highest BCUT2D eigenvalue weighted by Gasteiger charge is 2.22. The van der Waals surface area contributed by atoms with Crippen molar-refractivity contribution in [3.63, 3.8) is 0 Å². The number of anilines is 1. The molecule has 2 rings (SSSR count). The normalized spacial score (nSPS) is 13.9. The number of nitrogens with one attached hydrogen (secondary N) is 1. The van der Waals surface area contributed by atoms with Gasteiger partial charge in [-0.2, -0.15) is 0 Å². The minimum absolute atomic E-state index is 0.0710. The molecule has 74 valence electrons. The highest BCUT2D eigenvalue weighted by atomic mass is 15.6. The van der Waals surface area contributed by atoms with E-state index in [2.05, 4.69) is 12.1 Å². The van der Waals surface area contributed by atoms with Crippen LogP contribution in [0.25, 0.3) is 0 Å². The Labute approximate surface area is 83.4 Å². The van der Waals surface area contributed by atoms with Crippen LogP contribution in [0.1, 0.15) is 5.56 Å². The zero-order chi connectivity index (χ0) is 10.1. The van der Waals surface area contributed by atoms with E-state index in [-0.39, 0.29) is 5.96 Å². The average molecular weight is 190 g/mol. The summed E-state index contributed by atoms with van der Waals surface area (Å²) >= 11 is 0. The first-order chi connectivity index (χ1) is 6.70. The van der Waals surface area contributed by atoms with E-state index in [9.17, 15) is 0 Å². The van der Waals surface area contributed by atoms with Gasteiger partial charge < -0.3 is 5.73 Å². The molecule has 3 N–H and O–H groups in total. The molecule has 0 atom stereocenters. The molecule has 0 unspecified atom stereocenters. The molecule has 0 saturated heterocycles. The van der Waals surface area contributed by atoms with Crippen LogP contribution in [0.15, 0.2) is 24.3 Å². The Kier molecular flexibility index (Phi) is 2.04. The molecule has 0 aromatic heterocycles. The summed E-state index contributed by atoms with van der Waals surface area (Å²) in [4.78, 5) is 0. The maximum Gasteiger partial charge on any atom is 0.207 e. The molecule has 1 aliphatic heterocycles. The molecule has 1 aliphatic rings. The summed E-state index contributed by atoms with van der Waals surface area (Å²) in [6.07, 6.45) is 1.02. The monoisotopic (exact) mass is 190 g/mol. The number of benzene rings is 1. The van der Waals surface area contributed by atoms with Crippen molar-refractivity contribution < 1.29 is 0 Å². The fraction of sp³-hybridized carbons (Fsp3) is 0.300. The Morgan fingerprint density at radius 1 is 1.50 bits per heavy atom. The second-order valence-electron chi connectivity index (χ2n) is 3.41. The molecule has 4 nitrogen and oxygen atoms in total. The summed E-state index contributed by atoms with van der Waals surface area (Å²) in [6, 6.07) is 8.21. The molecule has 1 aromatic rings. The van der Waals surface area contributed by atoms with Crippen LogP contribution >= 0.6 is 0 Å². The van der Waals surface area contributed by atoms with Crippen molar-refractivity contribution in [2.75, 3.05) is 18.6 Å². The fourth-order valence-electron chi connectivity index (χ4n) is 1.76. The summed E-state index contributed by atoms with van der Waals surface area (Å²) in [7, 11) is 1.81. The van der Waals surface area contributed by atoms with E-state index in [1.165, 1.54) is 5.56 Å². The van der Waals surface area contributed by atoms with Crippen LogP contribution in [0.3, 0.4) is 0 Å².